The highest BCUT2D eigenvalue weighted by molar-refractivity contribution is 5.92. The van der Waals surface area contributed by atoms with E-state index in [1.165, 1.54) is 11.1 Å². The largest absolute Gasteiger partial charge is 0.336 e. The Morgan fingerprint density at radius 2 is 1.81 bits per heavy atom. The predicted molar refractivity (Wildman–Crippen MR) is 103 cm³/mol. The molecule has 3 aromatic rings. The highest BCUT2D eigenvalue weighted by Gasteiger charge is 2.29. The minimum atomic E-state index is 0.0112. The van der Waals surface area contributed by atoms with Crippen molar-refractivity contribution in [2.75, 3.05) is 26.2 Å². The quantitative estimate of drug-likeness (QED) is 0.701. The second kappa shape index (κ2) is 6.78. The third-order valence-electron chi connectivity index (χ3n) is 5.82. The number of hydrogen-bond donors (Lipinski definition) is 0. The first-order valence-corrected chi connectivity index (χ1v) is 9.68. The van der Waals surface area contributed by atoms with Crippen molar-refractivity contribution in [3.05, 3.63) is 65.7 Å². The molecule has 3 heterocycles. The summed E-state index contributed by atoms with van der Waals surface area (Å²) >= 11 is 0. The lowest BCUT2D eigenvalue weighted by molar-refractivity contribution is 0.0753. The van der Waals surface area contributed by atoms with Crippen molar-refractivity contribution in [2.45, 2.75) is 25.3 Å². The maximum Gasteiger partial charge on any atom is 0.274 e. The first-order valence-electron chi connectivity index (χ1n) is 9.68. The zero-order valence-corrected chi connectivity index (χ0v) is 15.3. The third kappa shape index (κ3) is 3.10. The lowest BCUT2D eigenvalue weighted by Crippen LogP contribution is -2.40. The number of aromatic nitrogens is 3. The Balaban J connectivity index is 1.27. The van der Waals surface area contributed by atoms with Gasteiger partial charge < -0.3 is 4.90 Å². The highest BCUT2D eigenvalue weighted by Crippen LogP contribution is 2.26. The molecule has 0 atom stereocenters. The molecule has 1 aliphatic heterocycles. The van der Waals surface area contributed by atoms with Crippen LogP contribution in [0.1, 0.15) is 28.0 Å². The molecule has 0 N–H and O–H groups in total. The van der Waals surface area contributed by atoms with Crippen LogP contribution in [-0.4, -0.2) is 62.3 Å². The van der Waals surface area contributed by atoms with Crippen molar-refractivity contribution in [1.29, 1.82) is 0 Å². The average molecular weight is 361 g/mol. The van der Waals surface area contributed by atoms with E-state index in [-0.39, 0.29) is 5.91 Å². The second-order valence-corrected chi connectivity index (χ2v) is 7.47. The maximum absolute atomic E-state index is 12.9. The molecule has 1 saturated heterocycles. The van der Waals surface area contributed by atoms with Gasteiger partial charge in [0.15, 0.2) is 0 Å². The fraction of sp³-hybridized carbons (Fsp3) is 0.381. The average Bonchev–Trinajstić information content (AvgIpc) is 3.24. The Morgan fingerprint density at radius 3 is 2.59 bits per heavy atom. The van der Waals surface area contributed by atoms with E-state index >= 15 is 0 Å². The predicted octanol–water partition coefficient (Wildman–Crippen LogP) is 2.04. The van der Waals surface area contributed by atoms with Crippen molar-refractivity contribution in [1.82, 2.24) is 24.2 Å². The number of fused-ring (bicyclic) bond motifs is 2. The van der Waals surface area contributed by atoms with E-state index in [4.69, 9.17) is 0 Å². The summed E-state index contributed by atoms with van der Waals surface area (Å²) < 4.78 is 1.80. The number of carbonyl (C=O) groups excluding carboxylic acids is 1. The number of carbonyl (C=O) groups is 1. The number of amides is 1. The smallest absolute Gasteiger partial charge is 0.274 e. The van der Waals surface area contributed by atoms with Crippen LogP contribution in [0, 0.1) is 0 Å². The van der Waals surface area contributed by atoms with E-state index in [2.05, 4.69) is 39.1 Å². The number of imidazole rings is 1. The molecule has 1 fully saturated rings. The molecule has 1 aromatic carbocycles. The molecular weight excluding hydrogens is 338 g/mol. The lowest BCUT2D eigenvalue weighted by atomic mass is 10.1. The highest BCUT2D eigenvalue weighted by atomic mass is 16.2. The van der Waals surface area contributed by atoms with E-state index in [0.717, 1.165) is 45.4 Å². The molecule has 5 rings (SSSR count). The van der Waals surface area contributed by atoms with Gasteiger partial charge in [0.25, 0.3) is 5.91 Å². The van der Waals surface area contributed by atoms with Gasteiger partial charge in [0, 0.05) is 50.8 Å². The summed E-state index contributed by atoms with van der Waals surface area (Å²) in [6.45, 7) is 3.52. The number of nitrogens with zero attached hydrogens (tertiary/aromatic N) is 5. The molecule has 2 aliphatic rings. The van der Waals surface area contributed by atoms with Crippen LogP contribution in [0.5, 0.6) is 0 Å². The van der Waals surface area contributed by atoms with Gasteiger partial charge in [-0.3, -0.25) is 14.1 Å². The van der Waals surface area contributed by atoms with Gasteiger partial charge in [-0.15, -0.1) is 0 Å². The molecule has 0 saturated carbocycles. The topological polar surface area (TPSA) is 53.7 Å². The second-order valence-electron chi connectivity index (χ2n) is 7.47. The summed E-state index contributed by atoms with van der Waals surface area (Å²) in [5.74, 6) is 0.582. The number of hydrogen-bond acceptors (Lipinski definition) is 4. The zero-order chi connectivity index (χ0) is 18.2. The monoisotopic (exact) mass is 361 g/mol. The van der Waals surface area contributed by atoms with Crippen LogP contribution in [0.3, 0.4) is 0 Å². The molecule has 1 amide bonds. The van der Waals surface area contributed by atoms with E-state index in [1.807, 2.05) is 17.2 Å². The van der Waals surface area contributed by atoms with Crippen molar-refractivity contribution in [2.24, 2.45) is 0 Å². The normalized spacial score (nSPS) is 18.6. The summed E-state index contributed by atoms with van der Waals surface area (Å²) in [7, 11) is 0. The minimum absolute atomic E-state index is 0.0112. The molecular formula is C21H23N5O. The van der Waals surface area contributed by atoms with Gasteiger partial charge >= 0.3 is 0 Å². The van der Waals surface area contributed by atoms with E-state index in [9.17, 15) is 4.79 Å². The fourth-order valence-electron chi connectivity index (χ4n) is 4.39. The van der Waals surface area contributed by atoms with Crippen LogP contribution in [0.25, 0.3) is 5.78 Å². The van der Waals surface area contributed by atoms with Gasteiger partial charge in [-0.1, -0.05) is 24.3 Å². The fourth-order valence-corrected chi connectivity index (χ4v) is 4.39. The molecule has 2 aromatic heterocycles. The molecule has 0 spiro atoms. The maximum atomic E-state index is 12.9. The Kier molecular flexibility index (Phi) is 4.13. The molecule has 6 heteroatoms. The molecule has 6 nitrogen and oxygen atoms in total. The summed E-state index contributed by atoms with van der Waals surface area (Å²) in [6, 6.07) is 11.2. The summed E-state index contributed by atoms with van der Waals surface area (Å²) in [6.07, 6.45) is 8.60. The van der Waals surface area contributed by atoms with Gasteiger partial charge in [-0.2, -0.15) is 0 Å². The molecule has 0 radical (unpaired) electrons. The van der Waals surface area contributed by atoms with Gasteiger partial charge in [-0.25, -0.2) is 9.97 Å². The van der Waals surface area contributed by atoms with Crippen LogP contribution in [0.4, 0.5) is 0 Å². The van der Waals surface area contributed by atoms with E-state index in [1.54, 1.807) is 16.8 Å². The third-order valence-corrected chi connectivity index (χ3v) is 5.82. The Hall–Kier alpha value is -2.73. The van der Waals surface area contributed by atoms with E-state index < -0.39 is 0 Å². The van der Waals surface area contributed by atoms with Gasteiger partial charge in [0.1, 0.15) is 5.69 Å². The van der Waals surface area contributed by atoms with Crippen LogP contribution in [0.15, 0.2) is 48.9 Å². The van der Waals surface area contributed by atoms with Gasteiger partial charge in [-0.05, 0) is 36.5 Å². The first-order chi connectivity index (χ1) is 13.3. The Bertz CT molecular complexity index is 923. The van der Waals surface area contributed by atoms with Crippen LogP contribution >= 0.6 is 0 Å². The minimum Gasteiger partial charge on any atom is -0.336 e. The van der Waals surface area contributed by atoms with Crippen molar-refractivity contribution < 1.29 is 4.79 Å². The van der Waals surface area contributed by atoms with Crippen LogP contribution in [0.2, 0.25) is 0 Å². The molecule has 138 valence electrons. The number of benzene rings is 1. The summed E-state index contributed by atoms with van der Waals surface area (Å²) in [4.78, 5) is 26.0. The zero-order valence-electron chi connectivity index (χ0n) is 15.3. The molecule has 0 unspecified atom stereocenters. The Labute approximate surface area is 158 Å². The SMILES string of the molecule is O=C(c1cn2cccnc2n1)N1CCCN(C2Cc3ccccc3C2)CC1. The first kappa shape index (κ1) is 16.4. The Morgan fingerprint density at radius 1 is 1.00 bits per heavy atom. The van der Waals surface area contributed by atoms with Crippen molar-refractivity contribution in [3.63, 3.8) is 0 Å². The van der Waals surface area contributed by atoms with Crippen molar-refractivity contribution >= 4 is 11.7 Å². The van der Waals surface area contributed by atoms with Gasteiger partial charge in [0.2, 0.25) is 5.78 Å². The summed E-state index contributed by atoms with van der Waals surface area (Å²) in [5.41, 5.74) is 3.45. The lowest BCUT2D eigenvalue weighted by Gasteiger charge is -2.27. The number of rotatable bonds is 2. The van der Waals surface area contributed by atoms with Crippen LogP contribution in [-0.2, 0) is 12.8 Å². The van der Waals surface area contributed by atoms with Crippen molar-refractivity contribution in [3.8, 4) is 0 Å². The molecule has 1 aliphatic carbocycles. The standard InChI is InChI=1S/C21H23N5O/c27-20(19-15-26-8-3-7-22-21(26)23-19)25-10-4-9-24(11-12-25)18-13-16-5-1-2-6-17(16)14-18/h1-3,5-8,15,18H,4,9-14H2. The van der Waals surface area contributed by atoms with Crippen LogP contribution < -0.4 is 0 Å². The molecule has 0 bridgehead atoms. The van der Waals surface area contributed by atoms with E-state index in [0.29, 0.717) is 17.5 Å². The summed E-state index contributed by atoms with van der Waals surface area (Å²) in [5, 5.41) is 0. The van der Waals surface area contributed by atoms with Gasteiger partial charge in [0.05, 0.1) is 0 Å². The molecule has 27 heavy (non-hydrogen) atoms.